The van der Waals surface area contributed by atoms with Gasteiger partial charge >= 0.3 is 0 Å². The van der Waals surface area contributed by atoms with Crippen molar-refractivity contribution in [2.75, 3.05) is 26.0 Å². The maximum Gasteiger partial charge on any atom is 0.258 e. The van der Waals surface area contributed by atoms with E-state index in [1.807, 2.05) is 73.7 Å². The second-order valence-corrected chi connectivity index (χ2v) is 8.53. The van der Waals surface area contributed by atoms with Gasteiger partial charge in [-0.1, -0.05) is 36.4 Å². The van der Waals surface area contributed by atoms with E-state index in [0.717, 1.165) is 38.0 Å². The van der Waals surface area contributed by atoms with E-state index in [1.165, 1.54) is 11.8 Å². The number of aryl methyl sites for hydroxylation is 1. The lowest BCUT2D eigenvalue weighted by atomic mass is 10.1. The minimum atomic E-state index is -0.337. The van der Waals surface area contributed by atoms with Crippen LogP contribution in [0.15, 0.2) is 71.6 Å². The third-order valence-corrected chi connectivity index (χ3v) is 6.20. The molecule has 0 aliphatic rings. The number of nitrogens with zero attached hydrogens (tertiary/aromatic N) is 1. The van der Waals surface area contributed by atoms with Gasteiger partial charge in [0.25, 0.3) is 5.91 Å². The van der Waals surface area contributed by atoms with Gasteiger partial charge in [0.1, 0.15) is 11.5 Å². The summed E-state index contributed by atoms with van der Waals surface area (Å²) < 4.78 is 11.0. The molecular weight excluding hydrogens is 436 g/mol. The van der Waals surface area contributed by atoms with Crippen molar-refractivity contribution in [3.8, 4) is 11.5 Å². The molecule has 168 valence electrons. The topological polar surface area (TPSA) is 77.5 Å². The smallest absolute Gasteiger partial charge is 0.258 e. The molecule has 0 aliphatic carbocycles. The van der Waals surface area contributed by atoms with Crippen molar-refractivity contribution in [3.05, 3.63) is 72.4 Å². The average molecular weight is 461 g/mol. The number of benzene rings is 3. The molecule has 4 rings (SSSR count). The fourth-order valence-electron chi connectivity index (χ4n) is 3.47. The number of aromatic nitrogens is 1. The molecule has 6 nitrogen and oxygen atoms in total. The number of rotatable bonds is 9. The molecule has 7 heteroatoms. The highest BCUT2D eigenvalue weighted by atomic mass is 32.2. The van der Waals surface area contributed by atoms with Crippen LogP contribution in [0.5, 0.6) is 11.5 Å². The maximum absolute atomic E-state index is 12.4. The molecule has 1 heterocycles. The van der Waals surface area contributed by atoms with Crippen molar-refractivity contribution in [2.45, 2.75) is 11.8 Å². The molecule has 33 heavy (non-hydrogen) atoms. The Hall–Kier alpha value is -3.58. The molecule has 1 aromatic heterocycles. The van der Waals surface area contributed by atoms with Crippen LogP contribution in [0.2, 0.25) is 0 Å². The number of Topliss-reactive ketones (excluding diaryl/α,β-unsaturated/α-hetero) is 1. The van der Waals surface area contributed by atoms with E-state index in [0.29, 0.717) is 5.75 Å². The number of ether oxygens (including phenoxy) is 2. The molecule has 1 N–H and O–H groups in total. The van der Waals surface area contributed by atoms with E-state index in [4.69, 9.17) is 9.47 Å². The van der Waals surface area contributed by atoms with Gasteiger partial charge in [0.05, 0.1) is 24.9 Å². The van der Waals surface area contributed by atoms with Gasteiger partial charge in [-0.25, -0.2) is 0 Å². The summed E-state index contributed by atoms with van der Waals surface area (Å²) >= 11 is 1.43. The van der Waals surface area contributed by atoms with Crippen LogP contribution in [-0.4, -0.2) is 42.7 Å². The van der Waals surface area contributed by atoms with Crippen LogP contribution >= 0.6 is 11.8 Å². The molecule has 0 radical (unpaired) electrons. The normalized spacial score (nSPS) is 10.8. The lowest BCUT2D eigenvalue weighted by Crippen LogP contribution is -2.34. The van der Waals surface area contributed by atoms with E-state index in [1.54, 1.807) is 7.11 Å². The number of fused-ring (bicyclic) bond motifs is 2. The molecule has 4 aromatic rings. The molecule has 1 amide bonds. The summed E-state index contributed by atoms with van der Waals surface area (Å²) in [5, 5.41) is 5.56. The van der Waals surface area contributed by atoms with E-state index in [9.17, 15) is 9.59 Å². The van der Waals surface area contributed by atoms with Crippen LogP contribution in [0.25, 0.3) is 21.7 Å². The molecular formula is C26H24N2O4S. The quantitative estimate of drug-likeness (QED) is 0.369. The third kappa shape index (κ3) is 5.62. The lowest BCUT2D eigenvalue weighted by Gasteiger charge is -2.10. The van der Waals surface area contributed by atoms with Crippen LogP contribution in [-0.2, 0) is 9.59 Å². The van der Waals surface area contributed by atoms with Crippen LogP contribution in [0.3, 0.4) is 0 Å². The Labute approximate surface area is 196 Å². The monoisotopic (exact) mass is 460 g/mol. The second-order valence-electron chi connectivity index (χ2n) is 7.51. The third-order valence-electron chi connectivity index (χ3n) is 5.09. The predicted octanol–water partition coefficient (Wildman–Crippen LogP) is 4.56. The SMILES string of the molecule is COc1ccc2nc(C)cc(SCC(=O)CNC(=O)COc3cccc4ccccc34)c2c1. The average Bonchev–Trinajstić information content (AvgIpc) is 2.84. The molecule has 0 saturated heterocycles. The van der Waals surface area contributed by atoms with E-state index < -0.39 is 0 Å². The number of carbonyl (C=O) groups excluding carboxylic acids is 2. The lowest BCUT2D eigenvalue weighted by molar-refractivity contribution is -0.125. The molecule has 0 fully saturated rings. The Balaban J connectivity index is 1.30. The molecule has 0 unspecified atom stereocenters. The van der Waals surface area contributed by atoms with Crippen LogP contribution in [0.1, 0.15) is 5.69 Å². The zero-order valence-electron chi connectivity index (χ0n) is 18.5. The first-order chi connectivity index (χ1) is 16.0. The van der Waals surface area contributed by atoms with Crippen molar-refractivity contribution >= 4 is 45.1 Å². The van der Waals surface area contributed by atoms with Crippen molar-refractivity contribution in [2.24, 2.45) is 0 Å². The second kappa shape index (κ2) is 10.4. The number of methoxy groups -OCH3 is 1. The summed E-state index contributed by atoms with van der Waals surface area (Å²) in [5.74, 6) is 1.20. The number of hydrogen-bond acceptors (Lipinski definition) is 6. The van der Waals surface area contributed by atoms with Gasteiger partial charge in [-0.05, 0) is 42.6 Å². The predicted molar refractivity (Wildman–Crippen MR) is 131 cm³/mol. The fraction of sp³-hybridized carbons (Fsp3) is 0.192. The molecule has 0 saturated carbocycles. The van der Waals surface area contributed by atoms with E-state index >= 15 is 0 Å². The number of carbonyl (C=O) groups is 2. The minimum Gasteiger partial charge on any atom is -0.497 e. The standard InChI is InChI=1S/C26H24N2O4S/c1-17-12-25(22-13-20(31-2)10-11-23(22)28-17)33-16-19(29)14-27-26(30)15-32-24-9-5-7-18-6-3-4-8-21(18)24/h3-13H,14-16H2,1-2H3,(H,27,30). The first-order valence-electron chi connectivity index (χ1n) is 10.5. The van der Waals surface area contributed by atoms with Crippen molar-refractivity contribution in [1.29, 1.82) is 0 Å². The summed E-state index contributed by atoms with van der Waals surface area (Å²) in [6, 6.07) is 21.2. The largest absolute Gasteiger partial charge is 0.497 e. The summed E-state index contributed by atoms with van der Waals surface area (Å²) in [6.45, 7) is 1.73. The Bertz CT molecular complexity index is 1320. The van der Waals surface area contributed by atoms with Crippen LogP contribution in [0.4, 0.5) is 0 Å². The fourth-order valence-corrected chi connectivity index (χ4v) is 4.46. The Morgan fingerprint density at radius 1 is 1.00 bits per heavy atom. The van der Waals surface area contributed by atoms with Crippen molar-refractivity contribution in [1.82, 2.24) is 10.3 Å². The highest BCUT2D eigenvalue weighted by Crippen LogP contribution is 2.30. The Morgan fingerprint density at radius 3 is 2.67 bits per heavy atom. The molecule has 0 spiro atoms. The molecule has 0 atom stereocenters. The Morgan fingerprint density at radius 2 is 1.82 bits per heavy atom. The first kappa shape index (κ1) is 22.6. The van der Waals surface area contributed by atoms with Gasteiger partial charge in [-0.15, -0.1) is 11.8 Å². The number of thioether (sulfide) groups is 1. The zero-order valence-corrected chi connectivity index (χ0v) is 19.3. The highest BCUT2D eigenvalue weighted by Gasteiger charge is 2.11. The van der Waals surface area contributed by atoms with Gasteiger partial charge in [-0.3, -0.25) is 14.6 Å². The van der Waals surface area contributed by atoms with Crippen molar-refractivity contribution < 1.29 is 19.1 Å². The van der Waals surface area contributed by atoms with Gasteiger partial charge < -0.3 is 14.8 Å². The summed E-state index contributed by atoms with van der Waals surface area (Å²) in [5.41, 5.74) is 1.73. The van der Waals surface area contributed by atoms with Crippen LogP contribution < -0.4 is 14.8 Å². The van der Waals surface area contributed by atoms with Gasteiger partial charge in [0.15, 0.2) is 12.4 Å². The molecule has 0 aliphatic heterocycles. The maximum atomic E-state index is 12.4. The Kier molecular flexibility index (Phi) is 7.10. The summed E-state index contributed by atoms with van der Waals surface area (Å²) in [6.07, 6.45) is 0. The van der Waals surface area contributed by atoms with Gasteiger partial charge in [0.2, 0.25) is 0 Å². The summed E-state index contributed by atoms with van der Waals surface area (Å²) in [7, 11) is 1.62. The number of amides is 1. The zero-order chi connectivity index (χ0) is 23.2. The minimum absolute atomic E-state index is 0.0456. The van der Waals surface area contributed by atoms with Gasteiger partial charge in [0, 0.05) is 21.4 Å². The number of hydrogen-bond donors (Lipinski definition) is 1. The number of nitrogens with one attached hydrogen (secondary N) is 1. The van der Waals surface area contributed by atoms with Gasteiger partial charge in [-0.2, -0.15) is 0 Å². The summed E-state index contributed by atoms with van der Waals surface area (Å²) in [4.78, 5) is 30.1. The first-order valence-corrected chi connectivity index (χ1v) is 11.5. The van der Waals surface area contributed by atoms with E-state index in [-0.39, 0.29) is 30.6 Å². The highest BCUT2D eigenvalue weighted by molar-refractivity contribution is 8.00. The molecule has 0 bridgehead atoms. The number of ketones is 1. The van der Waals surface area contributed by atoms with Crippen LogP contribution in [0, 0.1) is 6.92 Å². The van der Waals surface area contributed by atoms with E-state index in [2.05, 4.69) is 10.3 Å². The molecule has 3 aromatic carbocycles. The number of pyridine rings is 1. The van der Waals surface area contributed by atoms with Crippen molar-refractivity contribution in [3.63, 3.8) is 0 Å².